The quantitative estimate of drug-likeness (QED) is 0.577. The molecule has 1 fully saturated rings. The fourth-order valence-corrected chi connectivity index (χ4v) is 6.43. The van der Waals surface area contributed by atoms with Crippen LogP contribution in [0.2, 0.25) is 5.02 Å². The average molecular weight is 465 g/mol. The van der Waals surface area contributed by atoms with Crippen molar-refractivity contribution < 1.29 is 17.9 Å². The van der Waals surface area contributed by atoms with Crippen LogP contribution < -0.4 is 10.1 Å². The molecule has 0 spiro atoms. The molecule has 1 amide bonds. The van der Waals surface area contributed by atoms with Gasteiger partial charge in [-0.1, -0.05) is 18.0 Å². The summed E-state index contributed by atoms with van der Waals surface area (Å²) in [5, 5.41) is 3.97. The first-order valence-corrected chi connectivity index (χ1v) is 12.2. The number of rotatable bonds is 5. The third kappa shape index (κ3) is 4.05. The van der Waals surface area contributed by atoms with E-state index in [1.54, 1.807) is 25.3 Å². The Balaban J connectivity index is 1.53. The van der Waals surface area contributed by atoms with Crippen molar-refractivity contribution in [2.75, 3.05) is 25.5 Å². The molecule has 6 nitrogen and oxygen atoms in total. The molecule has 30 heavy (non-hydrogen) atoms. The molecule has 0 unspecified atom stereocenters. The summed E-state index contributed by atoms with van der Waals surface area (Å²) < 4.78 is 33.1. The topological polar surface area (TPSA) is 75.7 Å². The maximum atomic E-state index is 12.8. The number of fused-ring (bicyclic) bond motifs is 1. The van der Waals surface area contributed by atoms with Crippen molar-refractivity contribution in [3.63, 3.8) is 0 Å². The number of ether oxygens (including phenoxy) is 1. The molecule has 1 aliphatic heterocycles. The number of hydrogen-bond acceptors (Lipinski definition) is 5. The number of hydrogen-bond donors (Lipinski definition) is 1. The number of anilines is 1. The number of thiophene rings is 1. The lowest BCUT2D eigenvalue weighted by Gasteiger charge is -2.25. The molecule has 0 aliphatic carbocycles. The van der Waals surface area contributed by atoms with Gasteiger partial charge in [0.25, 0.3) is 5.91 Å². The molecule has 1 aromatic heterocycles. The summed E-state index contributed by atoms with van der Waals surface area (Å²) in [6.45, 7) is 1.10. The SMILES string of the molecule is COc1ccc2c(Cl)c(C(=O)Nc3ccc(S(=O)(=O)N4CCCCC4)cc3)sc2c1. The van der Waals surface area contributed by atoms with E-state index in [1.165, 1.54) is 27.8 Å². The second kappa shape index (κ2) is 8.55. The van der Waals surface area contributed by atoms with Crippen molar-refractivity contribution in [3.8, 4) is 5.75 Å². The van der Waals surface area contributed by atoms with E-state index in [2.05, 4.69) is 5.32 Å². The number of methoxy groups -OCH3 is 1. The highest BCUT2D eigenvalue weighted by atomic mass is 35.5. The number of halogens is 1. The molecule has 1 N–H and O–H groups in total. The third-order valence-electron chi connectivity index (χ3n) is 5.11. The molecule has 158 valence electrons. The number of piperidine rings is 1. The molecule has 1 saturated heterocycles. The van der Waals surface area contributed by atoms with Gasteiger partial charge < -0.3 is 10.1 Å². The highest BCUT2D eigenvalue weighted by Crippen LogP contribution is 2.37. The van der Waals surface area contributed by atoms with Crippen LogP contribution in [0.15, 0.2) is 47.4 Å². The minimum Gasteiger partial charge on any atom is -0.497 e. The zero-order valence-electron chi connectivity index (χ0n) is 16.4. The van der Waals surface area contributed by atoms with Gasteiger partial charge in [-0.25, -0.2) is 8.42 Å². The third-order valence-corrected chi connectivity index (χ3v) is 8.68. The number of nitrogens with zero attached hydrogens (tertiary/aromatic N) is 1. The van der Waals surface area contributed by atoms with Crippen LogP contribution in [0.1, 0.15) is 28.9 Å². The van der Waals surface area contributed by atoms with Crippen LogP contribution in [0.4, 0.5) is 5.69 Å². The van der Waals surface area contributed by atoms with Gasteiger partial charge in [0.2, 0.25) is 10.0 Å². The van der Waals surface area contributed by atoms with Crippen LogP contribution in [-0.4, -0.2) is 38.8 Å². The second-order valence-corrected chi connectivity index (χ2v) is 10.4. The molecule has 9 heteroatoms. The van der Waals surface area contributed by atoms with Crippen LogP contribution in [0.5, 0.6) is 5.75 Å². The average Bonchev–Trinajstić information content (AvgIpc) is 3.10. The lowest BCUT2D eigenvalue weighted by molar-refractivity contribution is 0.103. The summed E-state index contributed by atoms with van der Waals surface area (Å²) in [4.78, 5) is 13.4. The normalized spacial score (nSPS) is 15.3. The molecule has 2 heterocycles. The number of carbonyl (C=O) groups excluding carboxylic acids is 1. The van der Waals surface area contributed by atoms with Crippen molar-refractivity contribution in [1.29, 1.82) is 0 Å². The van der Waals surface area contributed by atoms with Gasteiger partial charge >= 0.3 is 0 Å². The fourth-order valence-electron chi connectivity index (χ4n) is 3.47. The van der Waals surface area contributed by atoms with Gasteiger partial charge in [-0.3, -0.25) is 4.79 Å². The Hall–Kier alpha value is -2.13. The number of amides is 1. The Morgan fingerprint density at radius 1 is 1.10 bits per heavy atom. The molecular weight excluding hydrogens is 444 g/mol. The summed E-state index contributed by atoms with van der Waals surface area (Å²) in [7, 11) is -1.92. The van der Waals surface area contributed by atoms with E-state index in [0.717, 1.165) is 29.3 Å². The summed E-state index contributed by atoms with van der Waals surface area (Å²) in [5.74, 6) is 0.352. The van der Waals surface area contributed by atoms with Crippen molar-refractivity contribution >= 4 is 54.6 Å². The fraction of sp³-hybridized carbons (Fsp3) is 0.286. The first-order valence-electron chi connectivity index (χ1n) is 9.58. The Bertz CT molecular complexity index is 1180. The van der Waals surface area contributed by atoms with E-state index < -0.39 is 10.0 Å². The van der Waals surface area contributed by atoms with Gasteiger partial charge in [0, 0.05) is 28.9 Å². The van der Waals surface area contributed by atoms with Gasteiger partial charge in [0.05, 0.1) is 17.0 Å². The first-order chi connectivity index (χ1) is 14.4. The molecule has 0 atom stereocenters. The Kier molecular flexibility index (Phi) is 6.02. The van der Waals surface area contributed by atoms with Crippen LogP contribution in [0.3, 0.4) is 0 Å². The highest BCUT2D eigenvalue weighted by Gasteiger charge is 2.26. The van der Waals surface area contributed by atoms with Gasteiger partial charge in [-0.15, -0.1) is 11.3 Å². The highest BCUT2D eigenvalue weighted by molar-refractivity contribution is 7.89. The maximum Gasteiger partial charge on any atom is 0.267 e. The number of benzene rings is 2. The number of nitrogens with one attached hydrogen (secondary N) is 1. The van der Waals surface area contributed by atoms with Crippen molar-refractivity contribution in [2.45, 2.75) is 24.2 Å². The predicted molar refractivity (Wildman–Crippen MR) is 120 cm³/mol. The minimum absolute atomic E-state index is 0.231. The van der Waals surface area contributed by atoms with E-state index in [0.29, 0.717) is 34.4 Å². The van der Waals surface area contributed by atoms with Crippen molar-refractivity contribution in [3.05, 3.63) is 52.4 Å². The smallest absolute Gasteiger partial charge is 0.267 e. The first kappa shape index (κ1) is 21.1. The second-order valence-electron chi connectivity index (χ2n) is 7.05. The van der Waals surface area contributed by atoms with Gasteiger partial charge in [0.1, 0.15) is 10.6 Å². The van der Waals surface area contributed by atoms with Crippen molar-refractivity contribution in [1.82, 2.24) is 4.31 Å². The van der Waals surface area contributed by atoms with E-state index in [1.807, 2.05) is 12.1 Å². The Labute approximate surface area is 184 Å². The monoisotopic (exact) mass is 464 g/mol. The maximum absolute atomic E-state index is 12.8. The van der Waals surface area contributed by atoms with Crippen LogP contribution >= 0.6 is 22.9 Å². The molecule has 0 bridgehead atoms. The lowest BCUT2D eigenvalue weighted by Crippen LogP contribution is -2.35. The molecule has 1 aliphatic rings. The molecule has 0 radical (unpaired) electrons. The summed E-state index contributed by atoms with van der Waals surface area (Å²) >= 11 is 7.69. The largest absolute Gasteiger partial charge is 0.497 e. The van der Waals surface area contributed by atoms with E-state index in [-0.39, 0.29) is 10.8 Å². The van der Waals surface area contributed by atoms with E-state index in [4.69, 9.17) is 16.3 Å². The summed E-state index contributed by atoms with van der Waals surface area (Å²) in [5.41, 5.74) is 0.503. The standard InChI is InChI=1S/C21H21ClN2O4S2/c1-28-15-7-10-17-18(13-15)29-20(19(17)22)21(25)23-14-5-8-16(9-6-14)30(26,27)24-11-3-2-4-12-24/h5-10,13H,2-4,11-12H2,1H3,(H,23,25). The number of sulfonamides is 1. The zero-order valence-corrected chi connectivity index (χ0v) is 18.7. The minimum atomic E-state index is -3.50. The van der Waals surface area contributed by atoms with Crippen LogP contribution in [0, 0.1) is 0 Å². The van der Waals surface area contributed by atoms with E-state index >= 15 is 0 Å². The Morgan fingerprint density at radius 3 is 2.47 bits per heavy atom. The van der Waals surface area contributed by atoms with Gasteiger partial charge in [-0.05, 0) is 55.3 Å². The predicted octanol–water partition coefficient (Wildman–Crippen LogP) is 4.99. The van der Waals surface area contributed by atoms with E-state index in [9.17, 15) is 13.2 Å². The van der Waals surface area contributed by atoms with Crippen LogP contribution in [-0.2, 0) is 10.0 Å². The van der Waals surface area contributed by atoms with Crippen molar-refractivity contribution in [2.24, 2.45) is 0 Å². The Morgan fingerprint density at radius 2 is 1.80 bits per heavy atom. The van der Waals surface area contributed by atoms with Gasteiger partial charge in [0.15, 0.2) is 0 Å². The lowest BCUT2D eigenvalue weighted by atomic mass is 10.2. The van der Waals surface area contributed by atoms with Gasteiger partial charge in [-0.2, -0.15) is 4.31 Å². The van der Waals surface area contributed by atoms with Crippen LogP contribution in [0.25, 0.3) is 10.1 Å². The molecule has 0 saturated carbocycles. The molecule has 4 rings (SSSR count). The summed E-state index contributed by atoms with van der Waals surface area (Å²) in [6, 6.07) is 11.7. The summed E-state index contributed by atoms with van der Waals surface area (Å²) in [6.07, 6.45) is 2.83. The number of carbonyl (C=O) groups is 1. The molecular formula is C21H21ClN2O4S2. The molecule has 2 aromatic carbocycles. The molecule has 3 aromatic rings. The zero-order chi connectivity index (χ0) is 21.3.